The highest BCUT2D eigenvalue weighted by molar-refractivity contribution is 5.85. The van der Waals surface area contributed by atoms with Gasteiger partial charge in [-0.05, 0) is 19.1 Å². The molecule has 3 nitrogen and oxygen atoms in total. The fraction of sp³-hybridized carbons (Fsp3) is 0.250. The molecule has 13 heavy (non-hydrogen) atoms. The molecule has 0 spiro atoms. The third kappa shape index (κ3) is 4.10. The van der Waals surface area contributed by atoms with Crippen molar-refractivity contribution < 1.29 is 4.74 Å². The Labute approximate surface area is 90.3 Å². The van der Waals surface area contributed by atoms with Crippen LogP contribution in [0.5, 0.6) is 5.75 Å². The van der Waals surface area contributed by atoms with Gasteiger partial charge in [-0.1, -0.05) is 0 Å². The molecular formula is C8H14Cl2N2O. The van der Waals surface area contributed by atoms with Gasteiger partial charge in [-0.2, -0.15) is 0 Å². The second kappa shape index (κ2) is 6.69. The Balaban J connectivity index is 0. The van der Waals surface area contributed by atoms with Gasteiger partial charge in [-0.25, -0.2) is 0 Å². The molecule has 0 heterocycles. The van der Waals surface area contributed by atoms with E-state index in [-0.39, 0.29) is 24.8 Å². The van der Waals surface area contributed by atoms with Gasteiger partial charge in [0, 0.05) is 11.8 Å². The Bertz CT molecular complexity index is 256. The van der Waals surface area contributed by atoms with Crippen LogP contribution in [-0.2, 0) is 0 Å². The van der Waals surface area contributed by atoms with E-state index in [0.717, 1.165) is 0 Å². The zero-order valence-corrected chi connectivity index (χ0v) is 8.95. The van der Waals surface area contributed by atoms with E-state index >= 15 is 0 Å². The predicted molar refractivity (Wildman–Crippen MR) is 60.9 cm³/mol. The molecule has 0 aliphatic heterocycles. The molecule has 0 unspecified atom stereocenters. The fourth-order valence-electron chi connectivity index (χ4n) is 0.831. The van der Waals surface area contributed by atoms with Crippen LogP contribution < -0.4 is 16.2 Å². The van der Waals surface area contributed by atoms with Crippen LogP contribution in [0.2, 0.25) is 0 Å². The molecule has 5 heteroatoms. The number of hydrogen-bond donors (Lipinski definition) is 2. The fourth-order valence-corrected chi connectivity index (χ4v) is 0.831. The molecule has 0 saturated heterocycles. The number of nitrogen functional groups attached to an aromatic ring is 2. The van der Waals surface area contributed by atoms with Crippen LogP contribution in [0, 0.1) is 0 Å². The summed E-state index contributed by atoms with van der Waals surface area (Å²) in [6.45, 7) is 2.51. The van der Waals surface area contributed by atoms with Gasteiger partial charge < -0.3 is 16.2 Å². The monoisotopic (exact) mass is 224 g/mol. The van der Waals surface area contributed by atoms with Crippen molar-refractivity contribution >= 4 is 36.2 Å². The molecule has 0 radical (unpaired) electrons. The van der Waals surface area contributed by atoms with Gasteiger partial charge in [-0.3, -0.25) is 0 Å². The maximum atomic E-state index is 5.59. The highest BCUT2D eigenvalue weighted by Gasteiger charge is 1.97. The minimum Gasteiger partial charge on any atom is -0.492 e. The number of rotatable bonds is 2. The zero-order valence-electron chi connectivity index (χ0n) is 7.32. The van der Waals surface area contributed by atoms with Crippen molar-refractivity contribution in [2.75, 3.05) is 18.1 Å². The normalized spacial score (nSPS) is 8.08. The van der Waals surface area contributed by atoms with E-state index in [1.807, 2.05) is 6.92 Å². The van der Waals surface area contributed by atoms with Gasteiger partial charge in [0.1, 0.15) is 5.75 Å². The Morgan fingerprint density at radius 2 is 1.85 bits per heavy atom. The molecule has 0 amide bonds. The summed E-state index contributed by atoms with van der Waals surface area (Å²) in [7, 11) is 0. The van der Waals surface area contributed by atoms with E-state index in [4.69, 9.17) is 16.2 Å². The lowest BCUT2D eigenvalue weighted by atomic mass is 10.2. The summed E-state index contributed by atoms with van der Waals surface area (Å²) in [5, 5.41) is 0. The Hall–Kier alpha value is -0.800. The van der Waals surface area contributed by atoms with Gasteiger partial charge in [0.2, 0.25) is 0 Å². The molecule has 76 valence electrons. The van der Waals surface area contributed by atoms with E-state index in [1.54, 1.807) is 18.2 Å². The first-order valence-corrected chi connectivity index (χ1v) is 3.52. The number of halogens is 2. The summed E-state index contributed by atoms with van der Waals surface area (Å²) < 4.78 is 5.21. The minimum atomic E-state index is 0. The topological polar surface area (TPSA) is 61.3 Å². The van der Waals surface area contributed by atoms with Crippen molar-refractivity contribution in [1.29, 1.82) is 0 Å². The molecule has 0 atom stereocenters. The number of ether oxygens (including phenoxy) is 1. The summed E-state index contributed by atoms with van der Waals surface area (Å²) in [6, 6.07) is 5.21. The molecule has 0 bridgehead atoms. The molecule has 1 aromatic rings. The first-order chi connectivity index (χ1) is 5.24. The molecule has 1 aromatic carbocycles. The van der Waals surface area contributed by atoms with Crippen LogP contribution in [0.15, 0.2) is 18.2 Å². The smallest absolute Gasteiger partial charge is 0.144 e. The lowest BCUT2D eigenvalue weighted by Gasteiger charge is -2.06. The maximum absolute atomic E-state index is 5.59. The SMILES string of the molecule is CCOc1cc(N)ccc1N.Cl.Cl. The first-order valence-electron chi connectivity index (χ1n) is 3.52. The van der Waals surface area contributed by atoms with Crippen LogP contribution in [0.4, 0.5) is 11.4 Å². The summed E-state index contributed by atoms with van der Waals surface area (Å²) in [5.74, 6) is 0.660. The molecule has 0 saturated carbocycles. The van der Waals surface area contributed by atoms with Gasteiger partial charge in [-0.15, -0.1) is 24.8 Å². The number of benzene rings is 1. The highest BCUT2D eigenvalue weighted by atomic mass is 35.5. The molecule has 1 rings (SSSR count). The quantitative estimate of drug-likeness (QED) is 0.757. The number of nitrogens with two attached hydrogens (primary N) is 2. The Kier molecular flexibility index (Phi) is 7.57. The van der Waals surface area contributed by atoms with Crippen LogP contribution in [0.1, 0.15) is 6.92 Å². The van der Waals surface area contributed by atoms with Gasteiger partial charge in [0.25, 0.3) is 0 Å². The second-order valence-corrected chi connectivity index (χ2v) is 2.23. The average molecular weight is 225 g/mol. The third-order valence-electron chi connectivity index (χ3n) is 1.34. The Morgan fingerprint density at radius 3 is 2.38 bits per heavy atom. The standard InChI is InChI=1S/C8H12N2O.2ClH/c1-2-11-8-5-6(9)3-4-7(8)10;;/h3-5H,2,9-10H2,1H3;2*1H. The average Bonchev–Trinajstić information content (AvgIpc) is 1.98. The van der Waals surface area contributed by atoms with Gasteiger partial charge in [0.05, 0.1) is 12.3 Å². The first kappa shape index (κ1) is 14.7. The third-order valence-corrected chi connectivity index (χ3v) is 1.34. The lowest BCUT2D eigenvalue weighted by molar-refractivity contribution is 0.342. The number of anilines is 2. The summed E-state index contributed by atoms with van der Waals surface area (Å²) in [6.07, 6.45) is 0. The van der Waals surface area contributed by atoms with Crippen LogP contribution in [-0.4, -0.2) is 6.61 Å². The lowest BCUT2D eigenvalue weighted by Crippen LogP contribution is -1.97. The largest absolute Gasteiger partial charge is 0.492 e. The van der Waals surface area contributed by atoms with Crippen molar-refractivity contribution in [2.24, 2.45) is 0 Å². The van der Waals surface area contributed by atoms with Crippen LogP contribution in [0.25, 0.3) is 0 Å². The van der Waals surface area contributed by atoms with E-state index in [0.29, 0.717) is 23.7 Å². The van der Waals surface area contributed by atoms with Crippen molar-refractivity contribution in [3.63, 3.8) is 0 Å². The van der Waals surface area contributed by atoms with Crippen molar-refractivity contribution in [3.8, 4) is 5.75 Å². The zero-order chi connectivity index (χ0) is 8.27. The van der Waals surface area contributed by atoms with E-state index in [9.17, 15) is 0 Å². The summed E-state index contributed by atoms with van der Waals surface area (Å²) in [4.78, 5) is 0. The van der Waals surface area contributed by atoms with Crippen molar-refractivity contribution in [3.05, 3.63) is 18.2 Å². The van der Waals surface area contributed by atoms with E-state index < -0.39 is 0 Å². The van der Waals surface area contributed by atoms with E-state index in [2.05, 4.69) is 0 Å². The van der Waals surface area contributed by atoms with Gasteiger partial charge >= 0.3 is 0 Å². The van der Waals surface area contributed by atoms with E-state index in [1.165, 1.54) is 0 Å². The van der Waals surface area contributed by atoms with Crippen LogP contribution in [0.3, 0.4) is 0 Å². The summed E-state index contributed by atoms with van der Waals surface area (Å²) >= 11 is 0. The molecule has 0 aliphatic carbocycles. The Morgan fingerprint density at radius 1 is 1.23 bits per heavy atom. The molecule has 0 aromatic heterocycles. The molecule has 4 N–H and O–H groups in total. The summed E-state index contributed by atoms with van der Waals surface area (Å²) in [5.41, 5.74) is 12.4. The van der Waals surface area contributed by atoms with Crippen molar-refractivity contribution in [1.82, 2.24) is 0 Å². The highest BCUT2D eigenvalue weighted by Crippen LogP contribution is 2.23. The maximum Gasteiger partial charge on any atom is 0.144 e. The molecule has 0 aliphatic rings. The van der Waals surface area contributed by atoms with Crippen molar-refractivity contribution in [2.45, 2.75) is 6.92 Å². The van der Waals surface area contributed by atoms with Gasteiger partial charge in [0.15, 0.2) is 0 Å². The molecular weight excluding hydrogens is 211 g/mol. The second-order valence-electron chi connectivity index (χ2n) is 2.23. The van der Waals surface area contributed by atoms with Crippen LogP contribution >= 0.6 is 24.8 Å². The number of hydrogen-bond acceptors (Lipinski definition) is 3. The predicted octanol–water partition coefficient (Wildman–Crippen LogP) is 2.09. The molecule has 0 fully saturated rings. The minimum absolute atomic E-state index is 0.